The van der Waals surface area contributed by atoms with E-state index in [-0.39, 0.29) is 11.8 Å². The number of hydrogen-bond acceptors (Lipinski definition) is 3. The lowest BCUT2D eigenvalue weighted by molar-refractivity contribution is -0.122. The minimum absolute atomic E-state index is 0.0182. The van der Waals surface area contributed by atoms with Crippen molar-refractivity contribution in [3.05, 3.63) is 52.2 Å². The Morgan fingerprint density at radius 1 is 1.15 bits per heavy atom. The molecule has 2 aromatic rings. The Morgan fingerprint density at radius 3 is 2.38 bits per heavy atom. The highest BCUT2D eigenvalue weighted by Crippen LogP contribution is 2.27. The maximum Gasteiger partial charge on any atom is 0.229 e. The summed E-state index contributed by atoms with van der Waals surface area (Å²) in [7, 11) is 0. The van der Waals surface area contributed by atoms with Gasteiger partial charge in [0.25, 0.3) is 0 Å². The predicted molar refractivity (Wildman–Crippen MR) is 111 cm³/mol. The average Bonchev–Trinajstić information content (AvgIpc) is 3.17. The lowest BCUT2D eigenvalue weighted by Gasteiger charge is -2.39. The van der Waals surface area contributed by atoms with E-state index in [2.05, 4.69) is 57.8 Å². The number of rotatable bonds is 6. The van der Waals surface area contributed by atoms with Gasteiger partial charge in [-0.3, -0.25) is 9.69 Å². The van der Waals surface area contributed by atoms with Crippen molar-refractivity contribution < 1.29 is 4.79 Å². The van der Waals surface area contributed by atoms with E-state index in [0.29, 0.717) is 6.04 Å². The van der Waals surface area contributed by atoms with Gasteiger partial charge in [-0.15, -0.1) is 0 Å². The van der Waals surface area contributed by atoms with Crippen LogP contribution in [-0.4, -0.2) is 29.9 Å². The molecule has 0 N–H and O–H groups in total. The Bertz CT molecular complexity index is 685. The number of benzene rings is 1. The van der Waals surface area contributed by atoms with Gasteiger partial charge in [-0.05, 0) is 59.3 Å². The number of likely N-dealkylation sites (tertiary alicyclic amines) is 1. The van der Waals surface area contributed by atoms with Crippen LogP contribution in [0.5, 0.6) is 0 Å². The second kappa shape index (κ2) is 8.83. The molecule has 1 aliphatic rings. The predicted octanol–water partition coefficient (Wildman–Crippen LogP) is 4.96. The summed E-state index contributed by atoms with van der Waals surface area (Å²) >= 11 is 1.76. The summed E-state index contributed by atoms with van der Waals surface area (Å²) in [6.45, 7) is 9.29. The summed E-state index contributed by atoms with van der Waals surface area (Å²) in [4.78, 5) is 17.5. The van der Waals surface area contributed by atoms with E-state index in [0.717, 1.165) is 44.6 Å². The van der Waals surface area contributed by atoms with Crippen LogP contribution in [0.3, 0.4) is 0 Å². The monoisotopic (exact) mass is 370 g/mol. The quantitative estimate of drug-likeness (QED) is 0.717. The molecule has 0 atom stereocenters. The van der Waals surface area contributed by atoms with Crippen molar-refractivity contribution in [2.24, 2.45) is 5.92 Å². The van der Waals surface area contributed by atoms with Crippen LogP contribution >= 0.6 is 11.3 Å². The number of thiophene rings is 1. The van der Waals surface area contributed by atoms with Gasteiger partial charge in [0.15, 0.2) is 0 Å². The van der Waals surface area contributed by atoms with Gasteiger partial charge in [0.2, 0.25) is 5.91 Å². The maximum atomic E-state index is 12.9. The summed E-state index contributed by atoms with van der Waals surface area (Å²) in [6.07, 6.45) is 3.11. The molecular weight excluding hydrogens is 340 g/mol. The lowest BCUT2D eigenvalue weighted by Crippen LogP contribution is -2.48. The lowest BCUT2D eigenvalue weighted by atomic mass is 9.99. The molecule has 0 bridgehead atoms. The SMILES string of the molecule is CCc1ccc(N(C(=O)C(C)C)C2CCN(Cc3ccsc3)CC2)cc1. The molecule has 1 aromatic carbocycles. The highest BCUT2D eigenvalue weighted by molar-refractivity contribution is 7.07. The number of aryl methyl sites for hydroxylation is 1. The van der Waals surface area contributed by atoms with Crippen LogP contribution in [0.25, 0.3) is 0 Å². The van der Waals surface area contributed by atoms with Gasteiger partial charge >= 0.3 is 0 Å². The molecule has 1 amide bonds. The first-order valence-electron chi connectivity index (χ1n) is 9.74. The summed E-state index contributed by atoms with van der Waals surface area (Å²) < 4.78 is 0. The molecule has 140 valence electrons. The third-order valence-corrected chi connectivity index (χ3v) is 5.99. The smallest absolute Gasteiger partial charge is 0.229 e. The Labute approximate surface area is 161 Å². The van der Waals surface area contributed by atoms with Crippen molar-refractivity contribution in [1.29, 1.82) is 0 Å². The molecule has 1 fully saturated rings. The maximum absolute atomic E-state index is 12.9. The molecule has 0 saturated carbocycles. The number of anilines is 1. The Balaban J connectivity index is 1.70. The second-order valence-electron chi connectivity index (χ2n) is 7.52. The molecule has 4 heteroatoms. The molecule has 26 heavy (non-hydrogen) atoms. The molecule has 0 spiro atoms. The summed E-state index contributed by atoms with van der Waals surface area (Å²) in [5.41, 5.74) is 3.77. The van der Waals surface area contributed by atoms with E-state index in [1.807, 2.05) is 13.8 Å². The highest BCUT2D eigenvalue weighted by Gasteiger charge is 2.30. The zero-order chi connectivity index (χ0) is 18.5. The second-order valence-corrected chi connectivity index (χ2v) is 8.30. The highest BCUT2D eigenvalue weighted by atomic mass is 32.1. The van der Waals surface area contributed by atoms with Crippen molar-refractivity contribution in [2.75, 3.05) is 18.0 Å². The number of nitrogens with zero attached hydrogens (tertiary/aromatic N) is 2. The van der Waals surface area contributed by atoms with Gasteiger partial charge in [0.05, 0.1) is 0 Å². The molecule has 1 aromatic heterocycles. The Kier molecular flexibility index (Phi) is 6.49. The first-order valence-corrected chi connectivity index (χ1v) is 10.7. The van der Waals surface area contributed by atoms with Crippen LogP contribution in [0.1, 0.15) is 44.7 Å². The average molecular weight is 371 g/mol. The zero-order valence-corrected chi connectivity index (χ0v) is 17.0. The number of hydrogen-bond donors (Lipinski definition) is 0. The Morgan fingerprint density at radius 2 is 1.85 bits per heavy atom. The Hall–Kier alpha value is -1.65. The molecule has 3 rings (SSSR count). The summed E-state index contributed by atoms with van der Waals surface area (Å²) in [5.74, 6) is 0.259. The van der Waals surface area contributed by atoms with Crippen LogP contribution in [-0.2, 0) is 17.8 Å². The standard InChI is InChI=1S/C22H30N2OS/c1-4-18-5-7-20(8-6-18)24(22(25)17(2)3)21-9-12-23(13-10-21)15-19-11-14-26-16-19/h5-8,11,14,16-17,21H,4,9-10,12-13,15H2,1-3H3. The van der Waals surface area contributed by atoms with Crippen LogP contribution in [0.15, 0.2) is 41.1 Å². The molecule has 1 aliphatic heterocycles. The van der Waals surface area contributed by atoms with Gasteiger partial charge < -0.3 is 4.90 Å². The number of amides is 1. The van der Waals surface area contributed by atoms with Gasteiger partial charge in [-0.2, -0.15) is 11.3 Å². The molecule has 2 heterocycles. The van der Waals surface area contributed by atoms with Gasteiger partial charge in [0, 0.05) is 37.3 Å². The van der Waals surface area contributed by atoms with Gasteiger partial charge in [-0.1, -0.05) is 32.9 Å². The van der Waals surface area contributed by atoms with E-state index < -0.39 is 0 Å². The normalized spacial score (nSPS) is 16.2. The fourth-order valence-corrected chi connectivity index (χ4v) is 4.32. The van der Waals surface area contributed by atoms with Crippen LogP contribution in [0.2, 0.25) is 0 Å². The van der Waals surface area contributed by atoms with Crippen LogP contribution in [0, 0.1) is 5.92 Å². The fraction of sp³-hybridized carbons (Fsp3) is 0.500. The first kappa shape index (κ1) is 19.1. The van der Waals surface area contributed by atoms with Gasteiger partial charge in [-0.25, -0.2) is 0 Å². The zero-order valence-electron chi connectivity index (χ0n) is 16.1. The van der Waals surface area contributed by atoms with Crippen molar-refractivity contribution in [3.8, 4) is 0 Å². The minimum Gasteiger partial charge on any atom is -0.309 e. The van der Waals surface area contributed by atoms with Crippen molar-refractivity contribution in [3.63, 3.8) is 0 Å². The van der Waals surface area contributed by atoms with E-state index in [1.54, 1.807) is 11.3 Å². The van der Waals surface area contributed by atoms with Gasteiger partial charge in [0.1, 0.15) is 0 Å². The van der Waals surface area contributed by atoms with Crippen LogP contribution < -0.4 is 4.90 Å². The third kappa shape index (κ3) is 4.54. The van der Waals surface area contributed by atoms with Crippen molar-refractivity contribution in [2.45, 2.75) is 52.6 Å². The number of carbonyl (C=O) groups is 1. The fourth-order valence-electron chi connectivity index (χ4n) is 3.66. The van der Waals surface area contributed by atoms with E-state index >= 15 is 0 Å². The van der Waals surface area contributed by atoms with E-state index in [4.69, 9.17) is 0 Å². The van der Waals surface area contributed by atoms with Crippen LogP contribution in [0.4, 0.5) is 5.69 Å². The summed E-state index contributed by atoms with van der Waals surface area (Å²) in [5, 5.41) is 4.38. The first-order chi connectivity index (χ1) is 12.6. The summed E-state index contributed by atoms with van der Waals surface area (Å²) in [6, 6.07) is 11.1. The molecule has 0 unspecified atom stereocenters. The number of carbonyl (C=O) groups excluding carboxylic acids is 1. The largest absolute Gasteiger partial charge is 0.309 e. The molecule has 0 radical (unpaired) electrons. The topological polar surface area (TPSA) is 23.6 Å². The van der Waals surface area contributed by atoms with E-state index in [1.165, 1.54) is 11.1 Å². The molecule has 1 saturated heterocycles. The molecule has 3 nitrogen and oxygen atoms in total. The minimum atomic E-state index is 0.0182. The third-order valence-electron chi connectivity index (χ3n) is 5.26. The molecular formula is C22H30N2OS. The van der Waals surface area contributed by atoms with E-state index in [9.17, 15) is 4.79 Å². The van der Waals surface area contributed by atoms with Crippen molar-refractivity contribution >= 4 is 22.9 Å². The molecule has 0 aliphatic carbocycles. The number of piperidine rings is 1. The van der Waals surface area contributed by atoms with Crippen molar-refractivity contribution in [1.82, 2.24) is 4.90 Å².